The Hall–Kier alpha value is -1.89. The summed E-state index contributed by atoms with van der Waals surface area (Å²) >= 11 is 3.20. The summed E-state index contributed by atoms with van der Waals surface area (Å²) in [6.07, 6.45) is 1.76. The quantitative estimate of drug-likeness (QED) is 0.698. The average molecular weight is 297 g/mol. The van der Waals surface area contributed by atoms with E-state index in [1.165, 1.54) is 6.07 Å². The molecule has 1 aromatic heterocycles. The van der Waals surface area contributed by atoms with Gasteiger partial charge in [0.15, 0.2) is 5.82 Å². The monoisotopic (exact) mass is 296 g/mol. The van der Waals surface area contributed by atoms with E-state index in [0.29, 0.717) is 16.0 Å². The van der Waals surface area contributed by atoms with Crippen molar-refractivity contribution < 1.29 is 4.92 Å². The second-order valence-electron chi connectivity index (χ2n) is 3.42. The third-order valence-corrected chi connectivity index (χ3v) is 2.63. The zero-order valence-electron chi connectivity index (χ0n) is 8.92. The molecule has 0 aliphatic heterocycles. The van der Waals surface area contributed by atoms with E-state index in [0.717, 1.165) is 0 Å². The third kappa shape index (κ3) is 2.62. The molecular weight excluding hydrogens is 288 g/mol. The number of benzene rings is 1. The molecule has 0 amide bonds. The summed E-state index contributed by atoms with van der Waals surface area (Å²) in [6, 6.07) is 6.56. The second kappa shape index (κ2) is 4.54. The number of nitrogens with one attached hydrogen (secondary N) is 1. The Labute approximate surface area is 106 Å². The number of halogens is 1. The summed E-state index contributed by atoms with van der Waals surface area (Å²) in [4.78, 5) is 10.5. The van der Waals surface area contributed by atoms with E-state index in [-0.39, 0.29) is 5.69 Å². The van der Waals surface area contributed by atoms with Crippen molar-refractivity contribution in [3.8, 4) is 0 Å². The van der Waals surface area contributed by atoms with E-state index < -0.39 is 4.92 Å². The molecule has 0 saturated heterocycles. The Morgan fingerprint density at radius 3 is 2.82 bits per heavy atom. The van der Waals surface area contributed by atoms with Gasteiger partial charge in [-0.1, -0.05) is 15.9 Å². The molecule has 0 radical (unpaired) electrons. The highest BCUT2D eigenvalue weighted by molar-refractivity contribution is 9.10. The molecule has 6 nitrogen and oxygen atoms in total. The smallest absolute Gasteiger partial charge is 0.293 e. The van der Waals surface area contributed by atoms with Crippen LogP contribution in [0.5, 0.6) is 0 Å². The van der Waals surface area contributed by atoms with Crippen LogP contribution in [0.25, 0.3) is 0 Å². The fourth-order valence-electron chi connectivity index (χ4n) is 1.38. The van der Waals surface area contributed by atoms with Gasteiger partial charge < -0.3 is 5.32 Å². The minimum atomic E-state index is -0.434. The van der Waals surface area contributed by atoms with Crippen LogP contribution in [0.15, 0.2) is 34.9 Å². The first-order valence-corrected chi connectivity index (χ1v) is 5.56. The highest BCUT2D eigenvalue weighted by atomic mass is 79.9. The molecule has 1 heterocycles. The molecule has 0 atom stereocenters. The summed E-state index contributed by atoms with van der Waals surface area (Å²) in [6.45, 7) is 0. The third-order valence-electron chi connectivity index (χ3n) is 2.13. The Morgan fingerprint density at radius 1 is 1.47 bits per heavy atom. The lowest BCUT2D eigenvalue weighted by molar-refractivity contribution is -0.384. The van der Waals surface area contributed by atoms with Crippen molar-refractivity contribution in [3.05, 3.63) is 45.0 Å². The summed E-state index contributed by atoms with van der Waals surface area (Å²) in [5.74, 6) is 0.568. The van der Waals surface area contributed by atoms with Gasteiger partial charge in [0.25, 0.3) is 5.69 Å². The predicted octanol–water partition coefficient (Wildman–Crippen LogP) is 2.83. The molecular formula is C10H9BrN4O2. The van der Waals surface area contributed by atoms with E-state index in [4.69, 9.17) is 0 Å². The van der Waals surface area contributed by atoms with Gasteiger partial charge in [0, 0.05) is 29.8 Å². The van der Waals surface area contributed by atoms with Gasteiger partial charge in [-0.25, -0.2) is 0 Å². The predicted molar refractivity (Wildman–Crippen MR) is 67.3 cm³/mol. The van der Waals surface area contributed by atoms with E-state index >= 15 is 0 Å². The largest absolute Gasteiger partial charge is 0.333 e. The molecule has 2 aromatic rings. The lowest BCUT2D eigenvalue weighted by atomic mass is 10.2. The zero-order valence-corrected chi connectivity index (χ0v) is 10.5. The Morgan fingerprint density at radius 2 is 2.24 bits per heavy atom. The molecule has 17 heavy (non-hydrogen) atoms. The van der Waals surface area contributed by atoms with Crippen LogP contribution in [-0.4, -0.2) is 14.7 Å². The van der Waals surface area contributed by atoms with Crippen LogP contribution in [0.4, 0.5) is 17.2 Å². The maximum absolute atomic E-state index is 10.9. The summed E-state index contributed by atoms with van der Waals surface area (Å²) < 4.78 is 2.28. The van der Waals surface area contributed by atoms with Gasteiger partial charge in [-0.05, 0) is 12.1 Å². The number of nitrogens with zero attached hydrogens (tertiary/aromatic N) is 3. The number of aromatic nitrogens is 2. The van der Waals surface area contributed by atoms with E-state index in [1.807, 2.05) is 0 Å². The van der Waals surface area contributed by atoms with Gasteiger partial charge in [0.05, 0.1) is 4.92 Å². The van der Waals surface area contributed by atoms with Crippen molar-refractivity contribution in [3.63, 3.8) is 0 Å². The molecule has 88 valence electrons. The molecule has 0 saturated carbocycles. The number of aryl methyl sites for hydroxylation is 1. The molecule has 0 aliphatic rings. The standard InChI is InChI=1S/C10H9BrN4O2/c1-14-5-4-10(13-14)12-8-3-2-7(11)6-9(8)15(16)17/h2-6H,1H3,(H,12,13). The first kappa shape index (κ1) is 11.6. The first-order valence-electron chi connectivity index (χ1n) is 4.77. The lowest BCUT2D eigenvalue weighted by Crippen LogP contribution is -1.98. The van der Waals surface area contributed by atoms with E-state index in [2.05, 4.69) is 26.3 Å². The lowest BCUT2D eigenvalue weighted by Gasteiger charge is -2.04. The van der Waals surface area contributed by atoms with E-state index in [1.54, 1.807) is 36.1 Å². The molecule has 0 fully saturated rings. The summed E-state index contributed by atoms with van der Waals surface area (Å²) in [5.41, 5.74) is 0.418. The van der Waals surface area contributed by atoms with Crippen LogP contribution in [0, 0.1) is 10.1 Å². The molecule has 0 spiro atoms. The summed E-state index contributed by atoms with van der Waals surface area (Å²) in [7, 11) is 1.78. The van der Waals surface area contributed by atoms with Crippen molar-refractivity contribution >= 4 is 33.1 Å². The van der Waals surface area contributed by atoms with Gasteiger partial charge in [0.1, 0.15) is 5.69 Å². The van der Waals surface area contributed by atoms with Gasteiger partial charge >= 0.3 is 0 Å². The van der Waals surface area contributed by atoms with Crippen LogP contribution >= 0.6 is 15.9 Å². The van der Waals surface area contributed by atoms with Crippen molar-refractivity contribution in [1.82, 2.24) is 9.78 Å². The van der Waals surface area contributed by atoms with Crippen molar-refractivity contribution in [1.29, 1.82) is 0 Å². The van der Waals surface area contributed by atoms with Crippen LogP contribution in [0.1, 0.15) is 0 Å². The number of hydrogen-bond acceptors (Lipinski definition) is 4. The van der Waals surface area contributed by atoms with Crippen LogP contribution in [0.2, 0.25) is 0 Å². The zero-order chi connectivity index (χ0) is 12.4. The Bertz CT molecular complexity index is 567. The maximum atomic E-state index is 10.9. The summed E-state index contributed by atoms with van der Waals surface area (Å²) in [5, 5.41) is 17.9. The van der Waals surface area contributed by atoms with Crippen LogP contribution in [-0.2, 0) is 7.05 Å². The highest BCUT2D eigenvalue weighted by Gasteiger charge is 2.14. The number of rotatable bonds is 3. The molecule has 2 rings (SSSR count). The normalized spacial score (nSPS) is 10.2. The van der Waals surface area contributed by atoms with Crippen molar-refractivity contribution in [2.75, 3.05) is 5.32 Å². The molecule has 1 aromatic carbocycles. The topological polar surface area (TPSA) is 73.0 Å². The number of anilines is 2. The first-order chi connectivity index (χ1) is 8.06. The number of hydrogen-bond donors (Lipinski definition) is 1. The van der Waals surface area contributed by atoms with Crippen molar-refractivity contribution in [2.24, 2.45) is 7.05 Å². The Balaban J connectivity index is 2.35. The SMILES string of the molecule is Cn1ccc(Nc2ccc(Br)cc2[N+](=O)[O-])n1. The van der Waals surface area contributed by atoms with Crippen LogP contribution in [0.3, 0.4) is 0 Å². The van der Waals surface area contributed by atoms with Gasteiger partial charge in [-0.2, -0.15) is 5.10 Å². The van der Waals surface area contributed by atoms with Gasteiger partial charge in [0.2, 0.25) is 0 Å². The molecule has 0 unspecified atom stereocenters. The molecule has 0 bridgehead atoms. The maximum Gasteiger partial charge on any atom is 0.293 e. The average Bonchev–Trinajstić information content (AvgIpc) is 2.66. The van der Waals surface area contributed by atoms with Gasteiger partial charge in [-0.3, -0.25) is 14.8 Å². The number of nitro groups is 1. The van der Waals surface area contributed by atoms with Gasteiger partial charge in [-0.15, -0.1) is 0 Å². The number of nitro benzene ring substituents is 1. The Kier molecular flexibility index (Phi) is 3.10. The van der Waals surface area contributed by atoms with Crippen LogP contribution < -0.4 is 5.32 Å². The molecule has 1 N–H and O–H groups in total. The second-order valence-corrected chi connectivity index (χ2v) is 4.33. The fourth-order valence-corrected chi connectivity index (χ4v) is 1.73. The fraction of sp³-hybridized carbons (Fsp3) is 0.100. The van der Waals surface area contributed by atoms with Crippen molar-refractivity contribution in [2.45, 2.75) is 0 Å². The minimum Gasteiger partial charge on any atom is -0.333 e. The molecule has 7 heteroatoms. The molecule has 0 aliphatic carbocycles. The van der Waals surface area contributed by atoms with E-state index in [9.17, 15) is 10.1 Å². The minimum absolute atomic E-state index is 0.00466. The highest BCUT2D eigenvalue weighted by Crippen LogP contribution is 2.29.